The molecule has 0 unspecified atom stereocenters. The Hall–Kier alpha value is -3.36. The highest BCUT2D eigenvalue weighted by atomic mass is 16.5. The fraction of sp³-hybridized carbons (Fsp3) is 0.379. The number of rotatable bonds is 7. The lowest BCUT2D eigenvalue weighted by Crippen LogP contribution is -2.46. The number of imide groups is 1. The van der Waals surface area contributed by atoms with Gasteiger partial charge in [0.1, 0.15) is 18.1 Å². The summed E-state index contributed by atoms with van der Waals surface area (Å²) in [5, 5.41) is 20.8. The van der Waals surface area contributed by atoms with E-state index in [2.05, 4.69) is 0 Å². The normalized spacial score (nSPS) is 25.9. The molecule has 1 aliphatic carbocycles. The number of hydrogen-bond donors (Lipinski definition) is 2. The van der Waals surface area contributed by atoms with Gasteiger partial charge in [0.05, 0.1) is 17.9 Å². The minimum atomic E-state index is -1.01. The second kappa shape index (κ2) is 10.6. The highest BCUT2D eigenvalue weighted by molar-refractivity contribution is 6.43. The molecule has 5 rings (SSSR count). The Labute approximate surface area is 217 Å². The maximum Gasteiger partial charge on any atom is 0.455 e. The van der Waals surface area contributed by atoms with Gasteiger partial charge in [0.25, 0.3) is 0 Å². The van der Waals surface area contributed by atoms with E-state index >= 15 is 0 Å². The molecule has 37 heavy (non-hydrogen) atoms. The second-order valence-corrected chi connectivity index (χ2v) is 10.2. The van der Waals surface area contributed by atoms with Crippen molar-refractivity contribution < 1.29 is 29.1 Å². The number of benzene rings is 2. The quantitative estimate of drug-likeness (QED) is 0.337. The molecular formula is C29H32BNO6. The summed E-state index contributed by atoms with van der Waals surface area (Å²) in [6.07, 6.45) is 3.55. The van der Waals surface area contributed by atoms with E-state index in [-0.39, 0.29) is 29.8 Å². The molecule has 0 saturated carbocycles. The standard InChI is InChI=1S/C29H32BNO6/c1-18(14-19-8-6-7-11-24(19)32)12-13-25-26-20(17-36-21-9-4-3-5-10-21)15-22-27(23(26)16-30(35)37-25)29(34)31(2)28(22)33/h3-11,14,22-23,25,27,32,35H,12-13,15-17H2,1-2H3/b18-14+/t22-,23+,25-,27-/m1/s1. The first-order valence-corrected chi connectivity index (χ1v) is 12.8. The van der Waals surface area contributed by atoms with Crippen molar-refractivity contribution in [3.63, 3.8) is 0 Å². The highest BCUT2D eigenvalue weighted by Gasteiger charge is 2.56. The van der Waals surface area contributed by atoms with Gasteiger partial charge >= 0.3 is 7.12 Å². The van der Waals surface area contributed by atoms with Gasteiger partial charge in [-0.1, -0.05) is 48.0 Å². The summed E-state index contributed by atoms with van der Waals surface area (Å²) in [6.45, 7) is 2.30. The summed E-state index contributed by atoms with van der Waals surface area (Å²) < 4.78 is 12.2. The van der Waals surface area contributed by atoms with Crippen molar-refractivity contribution >= 4 is 25.0 Å². The van der Waals surface area contributed by atoms with Crippen molar-refractivity contribution in [3.05, 3.63) is 76.9 Å². The summed E-state index contributed by atoms with van der Waals surface area (Å²) in [5.74, 6) is -0.572. The van der Waals surface area contributed by atoms with Crippen molar-refractivity contribution in [2.75, 3.05) is 13.7 Å². The highest BCUT2D eigenvalue weighted by Crippen LogP contribution is 2.50. The van der Waals surface area contributed by atoms with Crippen molar-refractivity contribution in [2.24, 2.45) is 17.8 Å². The Balaban J connectivity index is 1.44. The molecule has 0 radical (unpaired) electrons. The number of para-hydroxylation sites is 2. The van der Waals surface area contributed by atoms with E-state index in [1.807, 2.05) is 55.5 Å². The fourth-order valence-electron chi connectivity index (χ4n) is 6.05. The SMILES string of the molecule is C/C(=C\c1ccccc1O)CC[C@H]1OB(O)C[C@H]2C1=C(COc1ccccc1)C[C@H]1C(=O)N(C)C(=O)[C@H]12. The minimum Gasteiger partial charge on any atom is -0.507 e. The van der Waals surface area contributed by atoms with E-state index in [1.54, 1.807) is 19.2 Å². The zero-order chi connectivity index (χ0) is 26.1. The predicted molar refractivity (Wildman–Crippen MR) is 140 cm³/mol. The van der Waals surface area contributed by atoms with Crippen molar-refractivity contribution in [3.8, 4) is 11.5 Å². The number of likely N-dealkylation sites (tertiary alicyclic amines) is 1. The lowest BCUT2D eigenvalue weighted by Gasteiger charge is -2.43. The molecule has 2 aliphatic heterocycles. The number of carbonyl (C=O) groups is 2. The topological polar surface area (TPSA) is 96.3 Å². The Morgan fingerprint density at radius 1 is 1.11 bits per heavy atom. The summed E-state index contributed by atoms with van der Waals surface area (Å²) in [4.78, 5) is 27.3. The molecule has 2 fully saturated rings. The number of ether oxygens (including phenoxy) is 1. The molecule has 2 N–H and O–H groups in total. The number of phenols is 1. The number of amides is 2. The largest absolute Gasteiger partial charge is 0.507 e. The predicted octanol–water partition coefficient (Wildman–Crippen LogP) is 4.08. The Morgan fingerprint density at radius 3 is 2.59 bits per heavy atom. The van der Waals surface area contributed by atoms with Crippen LogP contribution in [0.3, 0.4) is 0 Å². The molecule has 2 heterocycles. The molecule has 3 aliphatic rings. The smallest absolute Gasteiger partial charge is 0.455 e. The Bertz CT molecular complexity index is 1240. The van der Waals surface area contributed by atoms with Gasteiger partial charge in [0.15, 0.2) is 0 Å². The molecule has 7 nitrogen and oxygen atoms in total. The van der Waals surface area contributed by atoms with Crippen molar-refractivity contribution in [1.82, 2.24) is 4.90 Å². The number of carbonyl (C=O) groups excluding carboxylic acids is 2. The van der Waals surface area contributed by atoms with E-state index < -0.39 is 25.1 Å². The van der Waals surface area contributed by atoms with Crippen LogP contribution in [0.4, 0.5) is 0 Å². The average Bonchev–Trinajstić information content (AvgIpc) is 3.11. The van der Waals surface area contributed by atoms with E-state index in [9.17, 15) is 19.7 Å². The molecule has 2 aromatic rings. The van der Waals surface area contributed by atoms with E-state index in [0.717, 1.165) is 28.0 Å². The molecule has 0 spiro atoms. The minimum absolute atomic E-state index is 0.162. The third kappa shape index (κ3) is 5.09. The first-order valence-electron chi connectivity index (χ1n) is 12.8. The molecule has 0 bridgehead atoms. The molecule has 8 heteroatoms. The van der Waals surface area contributed by atoms with Crippen LogP contribution in [0.1, 0.15) is 31.7 Å². The first-order chi connectivity index (χ1) is 17.8. The van der Waals surface area contributed by atoms with Gasteiger partial charge in [-0.15, -0.1) is 0 Å². The molecule has 192 valence electrons. The summed E-state index contributed by atoms with van der Waals surface area (Å²) >= 11 is 0. The van der Waals surface area contributed by atoms with Gasteiger partial charge in [0, 0.05) is 12.6 Å². The molecule has 2 amide bonds. The van der Waals surface area contributed by atoms with E-state index in [1.165, 1.54) is 4.90 Å². The Morgan fingerprint density at radius 2 is 1.84 bits per heavy atom. The zero-order valence-corrected chi connectivity index (χ0v) is 21.2. The lowest BCUT2D eigenvalue weighted by atomic mass is 9.58. The fourth-order valence-corrected chi connectivity index (χ4v) is 6.05. The maximum absolute atomic E-state index is 13.1. The van der Waals surface area contributed by atoms with Gasteiger partial charge in [0.2, 0.25) is 11.8 Å². The summed E-state index contributed by atoms with van der Waals surface area (Å²) in [6, 6.07) is 16.7. The summed E-state index contributed by atoms with van der Waals surface area (Å²) in [5.41, 5.74) is 3.78. The second-order valence-electron chi connectivity index (χ2n) is 10.2. The molecule has 2 aromatic carbocycles. The van der Waals surface area contributed by atoms with Crippen LogP contribution in [-0.4, -0.2) is 53.7 Å². The Kier molecular flexibility index (Phi) is 7.22. The van der Waals surface area contributed by atoms with Crippen LogP contribution in [0, 0.1) is 17.8 Å². The molecular weight excluding hydrogens is 469 g/mol. The van der Waals surface area contributed by atoms with Crippen LogP contribution in [0.2, 0.25) is 6.32 Å². The number of phenolic OH excluding ortho intramolecular Hbond substituents is 1. The van der Waals surface area contributed by atoms with Crippen LogP contribution < -0.4 is 4.74 Å². The molecule has 4 atom stereocenters. The van der Waals surface area contributed by atoms with Gasteiger partial charge in [-0.05, 0) is 67.8 Å². The third-order valence-electron chi connectivity index (χ3n) is 7.82. The van der Waals surface area contributed by atoms with Crippen molar-refractivity contribution in [2.45, 2.75) is 38.6 Å². The monoisotopic (exact) mass is 501 g/mol. The van der Waals surface area contributed by atoms with E-state index in [4.69, 9.17) is 9.39 Å². The van der Waals surface area contributed by atoms with Gasteiger partial charge in [-0.2, -0.15) is 0 Å². The summed E-state index contributed by atoms with van der Waals surface area (Å²) in [7, 11) is 0.536. The lowest BCUT2D eigenvalue weighted by molar-refractivity contribution is -0.138. The van der Waals surface area contributed by atoms with Gasteiger partial charge < -0.3 is 19.5 Å². The van der Waals surface area contributed by atoms with Crippen LogP contribution in [0.5, 0.6) is 11.5 Å². The van der Waals surface area contributed by atoms with Crippen LogP contribution in [0.15, 0.2) is 71.3 Å². The number of fused-ring (bicyclic) bond motifs is 3. The number of nitrogens with zero attached hydrogens (tertiary/aromatic N) is 1. The van der Waals surface area contributed by atoms with Crippen LogP contribution in [0.25, 0.3) is 6.08 Å². The van der Waals surface area contributed by atoms with Crippen molar-refractivity contribution in [1.29, 1.82) is 0 Å². The maximum atomic E-state index is 13.1. The number of hydrogen-bond acceptors (Lipinski definition) is 6. The molecule has 0 aromatic heterocycles. The van der Waals surface area contributed by atoms with Gasteiger partial charge in [-0.25, -0.2) is 0 Å². The first kappa shape index (κ1) is 25.3. The number of allylic oxidation sites excluding steroid dienone is 1. The molecule has 2 saturated heterocycles. The van der Waals surface area contributed by atoms with Gasteiger partial charge in [-0.3, -0.25) is 14.5 Å². The zero-order valence-electron chi connectivity index (χ0n) is 21.2. The van der Waals surface area contributed by atoms with Crippen LogP contribution in [-0.2, 0) is 14.2 Å². The average molecular weight is 501 g/mol. The van der Waals surface area contributed by atoms with Crippen LogP contribution >= 0.6 is 0 Å². The van der Waals surface area contributed by atoms with E-state index in [0.29, 0.717) is 25.9 Å². The third-order valence-corrected chi connectivity index (χ3v) is 7.82. The number of aromatic hydroxyl groups is 1.